The Morgan fingerprint density at radius 1 is 1.36 bits per heavy atom. The van der Waals surface area contributed by atoms with E-state index in [0.29, 0.717) is 36.2 Å². The second-order valence-corrected chi connectivity index (χ2v) is 7.05. The van der Waals surface area contributed by atoms with Crippen molar-refractivity contribution in [3.8, 4) is 17.2 Å². The van der Waals surface area contributed by atoms with E-state index < -0.39 is 0 Å². The topological polar surface area (TPSA) is 74.6 Å². The predicted molar refractivity (Wildman–Crippen MR) is 94.9 cm³/mol. The Morgan fingerprint density at radius 3 is 2.96 bits per heavy atom. The molecule has 0 spiro atoms. The molecule has 2 aliphatic heterocycles. The second kappa shape index (κ2) is 6.18. The summed E-state index contributed by atoms with van der Waals surface area (Å²) in [7, 11) is 3.45. The molecule has 0 aliphatic carbocycles. The number of rotatable bonds is 2. The number of carbonyl (C=O) groups is 1. The molecule has 0 bridgehead atoms. The van der Waals surface area contributed by atoms with E-state index in [4.69, 9.17) is 14.2 Å². The van der Waals surface area contributed by atoms with Gasteiger partial charge in [0.15, 0.2) is 11.5 Å². The number of fused-ring (bicyclic) bond motifs is 2. The summed E-state index contributed by atoms with van der Waals surface area (Å²) in [5, 5.41) is 7.38. The lowest BCUT2D eigenvalue weighted by molar-refractivity contribution is -0.113. The van der Waals surface area contributed by atoms with Gasteiger partial charge in [-0.2, -0.15) is 5.10 Å². The van der Waals surface area contributed by atoms with Gasteiger partial charge in [-0.05, 0) is 24.6 Å². The lowest BCUT2D eigenvalue weighted by atomic mass is 10.0. The zero-order chi connectivity index (χ0) is 17.6. The SMILES string of the molecule is COc1cc(C2SCC(=O)Nc3c2c(C)nn3C)cc2c1OCCO2. The molecule has 3 heterocycles. The van der Waals surface area contributed by atoms with E-state index in [1.54, 1.807) is 23.6 Å². The van der Waals surface area contributed by atoms with Crippen molar-refractivity contribution in [1.29, 1.82) is 0 Å². The molecule has 1 N–H and O–H groups in total. The highest BCUT2D eigenvalue weighted by atomic mass is 32.2. The van der Waals surface area contributed by atoms with Gasteiger partial charge in [0.1, 0.15) is 19.0 Å². The summed E-state index contributed by atoms with van der Waals surface area (Å²) in [5.74, 6) is 3.03. The summed E-state index contributed by atoms with van der Waals surface area (Å²) in [5.41, 5.74) is 2.91. The lowest BCUT2D eigenvalue weighted by Crippen LogP contribution is -2.16. The third-order valence-electron chi connectivity index (χ3n) is 4.32. The molecule has 1 aromatic carbocycles. The van der Waals surface area contributed by atoms with Crippen molar-refractivity contribution in [2.24, 2.45) is 7.05 Å². The number of nitrogens with one attached hydrogen (secondary N) is 1. The standard InChI is InChI=1S/C17H19N3O4S/c1-9-14-16(25-8-13(21)18-17(14)20(2)19-9)10-6-11(22-3)15-12(7-10)23-4-5-24-15/h6-7,16H,4-5,8H2,1-3H3,(H,18,21). The van der Waals surface area contributed by atoms with Gasteiger partial charge >= 0.3 is 0 Å². The van der Waals surface area contributed by atoms with Crippen molar-refractivity contribution in [1.82, 2.24) is 9.78 Å². The summed E-state index contributed by atoms with van der Waals surface area (Å²) >= 11 is 1.57. The number of anilines is 1. The molecule has 0 radical (unpaired) electrons. The number of hydrogen-bond acceptors (Lipinski definition) is 6. The maximum atomic E-state index is 12.1. The van der Waals surface area contributed by atoms with Crippen LogP contribution in [0.1, 0.15) is 22.1 Å². The Morgan fingerprint density at radius 2 is 2.16 bits per heavy atom. The number of methoxy groups -OCH3 is 1. The molecule has 1 amide bonds. The van der Waals surface area contributed by atoms with Gasteiger partial charge < -0.3 is 19.5 Å². The number of carbonyl (C=O) groups excluding carboxylic acids is 1. The van der Waals surface area contributed by atoms with Gasteiger partial charge in [0.25, 0.3) is 0 Å². The van der Waals surface area contributed by atoms with Crippen LogP contribution in [-0.2, 0) is 11.8 Å². The molecule has 0 saturated heterocycles. The fraction of sp³-hybridized carbons (Fsp3) is 0.412. The van der Waals surface area contributed by atoms with Crippen molar-refractivity contribution in [3.05, 3.63) is 29.0 Å². The number of aromatic nitrogens is 2. The van der Waals surface area contributed by atoms with Gasteiger partial charge in [-0.3, -0.25) is 9.48 Å². The first-order valence-electron chi connectivity index (χ1n) is 8.01. The number of aryl methyl sites for hydroxylation is 2. The molecule has 0 fully saturated rings. The summed E-state index contributed by atoms with van der Waals surface area (Å²) in [6.45, 7) is 2.97. The molecule has 1 aromatic heterocycles. The van der Waals surface area contributed by atoms with Crippen molar-refractivity contribution in [3.63, 3.8) is 0 Å². The molecule has 1 atom stereocenters. The molecule has 8 heteroatoms. The van der Waals surface area contributed by atoms with E-state index >= 15 is 0 Å². The van der Waals surface area contributed by atoms with Crippen molar-refractivity contribution >= 4 is 23.5 Å². The number of hydrogen-bond donors (Lipinski definition) is 1. The number of nitrogens with zero attached hydrogens (tertiary/aromatic N) is 2. The quantitative estimate of drug-likeness (QED) is 0.885. The zero-order valence-electron chi connectivity index (χ0n) is 14.3. The monoisotopic (exact) mass is 361 g/mol. The number of thioether (sulfide) groups is 1. The number of benzene rings is 1. The first-order chi connectivity index (χ1) is 12.1. The van der Waals surface area contributed by atoms with Crippen LogP contribution >= 0.6 is 11.8 Å². The van der Waals surface area contributed by atoms with Crippen LogP contribution in [0.3, 0.4) is 0 Å². The van der Waals surface area contributed by atoms with Crippen LogP contribution in [0.15, 0.2) is 12.1 Å². The largest absolute Gasteiger partial charge is 0.493 e. The third-order valence-corrected chi connectivity index (χ3v) is 5.59. The van der Waals surface area contributed by atoms with Gasteiger partial charge in [0, 0.05) is 12.6 Å². The van der Waals surface area contributed by atoms with Crippen LogP contribution in [0, 0.1) is 6.92 Å². The fourth-order valence-corrected chi connectivity index (χ4v) is 4.42. The molecule has 132 valence electrons. The smallest absolute Gasteiger partial charge is 0.235 e. The normalized spacial score (nSPS) is 19.0. The Hall–Kier alpha value is -2.35. The number of ether oxygens (including phenoxy) is 3. The minimum atomic E-state index is -0.0487. The molecule has 7 nitrogen and oxygen atoms in total. The maximum Gasteiger partial charge on any atom is 0.235 e. The maximum absolute atomic E-state index is 12.1. The Kier molecular flexibility index (Phi) is 3.99. The minimum absolute atomic E-state index is 0.0266. The van der Waals surface area contributed by atoms with E-state index in [1.165, 1.54) is 0 Å². The highest BCUT2D eigenvalue weighted by Crippen LogP contribution is 2.48. The molecule has 0 saturated carbocycles. The minimum Gasteiger partial charge on any atom is -0.493 e. The van der Waals surface area contributed by atoms with Crippen LogP contribution in [-0.4, -0.2) is 41.8 Å². The average Bonchev–Trinajstić information content (AvgIpc) is 2.79. The van der Waals surface area contributed by atoms with E-state index in [0.717, 1.165) is 22.6 Å². The van der Waals surface area contributed by atoms with E-state index in [2.05, 4.69) is 10.4 Å². The molecule has 25 heavy (non-hydrogen) atoms. The van der Waals surface area contributed by atoms with E-state index in [-0.39, 0.29) is 11.2 Å². The molecule has 2 aromatic rings. The summed E-state index contributed by atoms with van der Waals surface area (Å²) in [6, 6.07) is 3.93. The fourth-order valence-electron chi connectivity index (χ4n) is 3.25. The molecule has 2 aliphatic rings. The Balaban J connectivity index is 1.86. The van der Waals surface area contributed by atoms with Crippen LogP contribution in [0.5, 0.6) is 17.2 Å². The Bertz CT molecular complexity index is 832. The first kappa shape index (κ1) is 16.1. The van der Waals surface area contributed by atoms with Crippen molar-refractivity contribution < 1.29 is 19.0 Å². The zero-order valence-corrected chi connectivity index (χ0v) is 15.1. The lowest BCUT2D eigenvalue weighted by Gasteiger charge is -2.23. The highest BCUT2D eigenvalue weighted by Gasteiger charge is 2.31. The van der Waals surface area contributed by atoms with Crippen LogP contribution in [0.2, 0.25) is 0 Å². The molecule has 1 unspecified atom stereocenters. The van der Waals surface area contributed by atoms with Crippen molar-refractivity contribution in [2.75, 3.05) is 31.4 Å². The first-order valence-corrected chi connectivity index (χ1v) is 9.06. The number of amides is 1. The third kappa shape index (κ3) is 2.70. The van der Waals surface area contributed by atoms with Gasteiger partial charge in [-0.1, -0.05) is 0 Å². The van der Waals surface area contributed by atoms with Crippen molar-refractivity contribution in [2.45, 2.75) is 12.2 Å². The highest BCUT2D eigenvalue weighted by molar-refractivity contribution is 8.00. The van der Waals surface area contributed by atoms with Crippen LogP contribution in [0.25, 0.3) is 0 Å². The van der Waals surface area contributed by atoms with Gasteiger partial charge in [0.05, 0.1) is 23.8 Å². The summed E-state index contributed by atoms with van der Waals surface area (Å²) < 4.78 is 18.7. The second-order valence-electron chi connectivity index (χ2n) is 5.96. The predicted octanol–water partition coefficient (Wildman–Crippen LogP) is 2.28. The van der Waals surface area contributed by atoms with E-state index in [1.807, 2.05) is 26.1 Å². The molecule has 4 rings (SSSR count). The molecular weight excluding hydrogens is 342 g/mol. The Labute approximate surface area is 149 Å². The molecular formula is C17H19N3O4S. The van der Waals surface area contributed by atoms with Crippen LogP contribution < -0.4 is 19.5 Å². The van der Waals surface area contributed by atoms with E-state index in [9.17, 15) is 4.79 Å². The van der Waals surface area contributed by atoms with Crippen LogP contribution in [0.4, 0.5) is 5.82 Å². The van der Waals surface area contributed by atoms with Gasteiger partial charge in [0.2, 0.25) is 11.7 Å². The summed E-state index contributed by atoms with van der Waals surface area (Å²) in [4.78, 5) is 12.1. The van der Waals surface area contributed by atoms with Gasteiger partial charge in [-0.15, -0.1) is 11.8 Å². The average molecular weight is 361 g/mol. The summed E-state index contributed by atoms with van der Waals surface area (Å²) in [6.07, 6.45) is 0. The van der Waals surface area contributed by atoms with Gasteiger partial charge in [-0.25, -0.2) is 0 Å².